The first-order chi connectivity index (χ1) is 14.4. The third-order valence-corrected chi connectivity index (χ3v) is 8.37. The minimum atomic E-state index is -3.82. The van der Waals surface area contributed by atoms with Crippen LogP contribution in [-0.4, -0.2) is 49.7 Å². The minimum absolute atomic E-state index is 0.0932. The van der Waals surface area contributed by atoms with Gasteiger partial charge in [0, 0.05) is 34.8 Å². The lowest BCUT2D eigenvalue weighted by molar-refractivity contribution is -0.384. The van der Waals surface area contributed by atoms with Gasteiger partial charge >= 0.3 is 0 Å². The van der Waals surface area contributed by atoms with Crippen molar-refractivity contribution >= 4 is 44.8 Å². The van der Waals surface area contributed by atoms with E-state index >= 15 is 0 Å². The van der Waals surface area contributed by atoms with E-state index in [4.69, 9.17) is 16.3 Å². The molecule has 2 aliphatic heterocycles. The molecule has 0 saturated carbocycles. The fraction of sp³-hybridized carbons (Fsp3) is 0.368. The second kappa shape index (κ2) is 8.72. The van der Waals surface area contributed by atoms with Crippen LogP contribution in [0.5, 0.6) is 0 Å². The summed E-state index contributed by atoms with van der Waals surface area (Å²) >= 11 is 7.86. The number of rotatable bonds is 5. The molecule has 30 heavy (non-hydrogen) atoms. The zero-order valence-electron chi connectivity index (χ0n) is 15.9. The minimum Gasteiger partial charge on any atom is -0.379 e. The number of nitrogens with one attached hydrogen (secondary N) is 1. The number of ether oxygens (including phenoxy) is 1. The van der Waals surface area contributed by atoms with Crippen molar-refractivity contribution in [1.29, 1.82) is 0 Å². The predicted molar refractivity (Wildman–Crippen MR) is 116 cm³/mol. The van der Waals surface area contributed by atoms with Crippen LogP contribution in [0.3, 0.4) is 0 Å². The zero-order valence-corrected chi connectivity index (χ0v) is 18.3. The van der Waals surface area contributed by atoms with Crippen LogP contribution in [0.4, 0.5) is 11.4 Å². The first kappa shape index (κ1) is 21.4. The Morgan fingerprint density at radius 1 is 1.20 bits per heavy atom. The van der Waals surface area contributed by atoms with Gasteiger partial charge in [0.05, 0.1) is 29.1 Å². The number of hydrogen-bond donors (Lipinski definition) is 1. The maximum absolute atomic E-state index is 12.9. The van der Waals surface area contributed by atoms with Crippen LogP contribution in [0.2, 0.25) is 5.02 Å². The topological polar surface area (TPSA) is 102 Å². The van der Waals surface area contributed by atoms with Crippen LogP contribution in [0, 0.1) is 10.1 Å². The second-order valence-electron chi connectivity index (χ2n) is 6.97. The lowest BCUT2D eigenvalue weighted by Crippen LogP contribution is -2.40. The van der Waals surface area contributed by atoms with Crippen LogP contribution < -0.4 is 5.32 Å². The van der Waals surface area contributed by atoms with E-state index in [2.05, 4.69) is 5.32 Å². The molecule has 0 amide bonds. The van der Waals surface area contributed by atoms with Gasteiger partial charge in [-0.25, -0.2) is 8.42 Å². The number of sulfonamides is 1. The molecule has 4 rings (SSSR count). The van der Waals surface area contributed by atoms with Crippen molar-refractivity contribution in [3.05, 3.63) is 57.1 Å². The Balaban J connectivity index is 1.66. The average Bonchev–Trinajstić information content (AvgIpc) is 2.75. The third kappa shape index (κ3) is 4.28. The van der Waals surface area contributed by atoms with Crippen molar-refractivity contribution in [1.82, 2.24) is 4.31 Å². The normalized spacial score (nSPS) is 19.8. The van der Waals surface area contributed by atoms with Crippen molar-refractivity contribution in [3.63, 3.8) is 0 Å². The first-order valence-corrected chi connectivity index (χ1v) is 12.2. The summed E-state index contributed by atoms with van der Waals surface area (Å²) in [4.78, 5) is 12.2. The van der Waals surface area contributed by atoms with E-state index in [0.717, 1.165) is 28.7 Å². The number of halogens is 1. The Morgan fingerprint density at radius 3 is 2.70 bits per heavy atom. The molecule has 11 heteroatoms. The molecule has 2 aliphatic rings. The fourth-order valence-electron chi connectivity index (χ4n) is 3.58. The summed E-state index contributed by atoms with van der Waals surface area (Å²) in [6.07, 6.45) is 0.767. The summed E-state index contributed by atoms with van der Waals surface area (Å²) in [6, 6.07) is 9.49. The maximum Gasteiger partial charge on any atom is 0.293 e. The first-order valence-electron chi connectivity index (χ1n) is 9.41. The zero-order chi connectivity index (χ0) is 21.3. The SMILES string of the molecule is O=[N+]([O-])c1cc(S(=O)(=O)N2CCOCC2)ccc1N[C@H]1CCSc2ccc(Cl)cc21. The van der Waals surface area contributed by atoms with E-state index in [1.54, 1.807) is 11.8 Å². The molecule has 0 spiro atoms. The van der Waals surface area contributed by atoms with E-state index in [0.29, 0.717) is 18.2 Å². The number of thioether (sulfide) groups is 1. The van der Waals surface area contributed by atoms with Crippen molar-refractivity contribution < 1.29 is 18.1 Å². The highest BCUT2D eigenvalue weighted by atomic mass is 35.5. The summed E-state index contributed by atoms with van der Waals surface area (Å²) in [5, 5.41) is 15.6. The monoisotopic (exact) mass is 469 g/mol. The van der Waals surface area contributed by atoms with Gasteiger partial charge in [0.15, 0.2) is 0 Å². The van der Waals surface area contributed by atoms with Gasteiger partial charge in [-0.2, -0.15) is 4.31 Å². The van der Waals surface area contributed by atoms with Gasteiger partial charge in [-0.3, -0.25) is 10.1 Å². The van der Waals surface area contributed by atoms with E-state index in [1.165, 1.54) is 16.4 Å². The van der Waals surface area contributed by atoms with Crippen molar-refractivity contribution in [3.8, 4) is 0 Å². The highest BCUT2D eigenvalue weighted by Crippen LogP contribution is 2.41. The molecule has 2 heterocycles. The molecule has 0 radical (unpaired) electrons. The van der Waals surface area contributed by atoms with Crippen LogP contribution in [0.15, 0.2) is 46.2 Å². The van der Waals surface area contributed by atoms with Gasteiger partial charge in [0.1, 0.15) is 5.69 Å². The lowest BCUT2D eigenvalue weighted by atomic mass is 10.0. The van der Waals surface area contributed by atoms with Crippen LogP contribution in [0.25, 0.3) is 0 Å². The van der Waals surface area contributed by atoms with Crippen molar-refractivity contribution in [2.75, 3.05) is 37.4 Å². The van der Waals surface area contributed by atoms with E-state index in [-0.39, 0.29) is 35.4 Å². The standard InChI is InChI=1S/C19H20ClN3O5S2/c20-13-1-4-19-15(11-13)16(5-10-29-19)21-17-3-2-14(12-18(17)23(24)25)30(26,27)22-6-8-28-9-7-22/h1-4,11-12,16,21H,5-10H2/t16-/m0/s1. The van der Waals surface area contributed by atoms with Crippen LogP contribution >= 0.6 is 23.4 Å². The van der Waals surface area contributed by atoms with E-state index < -0.39 is 14.9 Å². The summed E-state index contributed by atoms with van der Waals surface area (Å²) < 4.78 is 32.2. The number of nitrogens with zero attached hydrogens (tertiary/aromatic N) is 2. The molecular formula is C19H20ClN3O5S2. The number of nitro groups is 1. The Kier molecular flexibility index (Phi) is 6.21. The highest BCUT2D eigenvalue weighted by Gasteiger charge is 2.30. The Bertz CT molecular complexity index is 1070. The number of fused-ring (bicyclic) bond motifs is 1. The number of nitro benzene ring substituents is 1. The van der Waals surface area contributed by atoms with Crippen LogP contribution in [-0.2, 0) is 14.8 Å². The molecule has 0 bridgehead atoms. The molecule has 0 aliphatic carbocycles. The van der Waals surface area contributed by atoms with Gasteiger partial charge in [-0.15, -0.1) is 11.8 Å². The maximum atomic E-state index is 12.9. The lowest BCUT2D eigenvalue weighted by Gasteiger charge is -2.27. The molecule has 1 atom stereocenters. The molecule has 0 aromatic heterocycles. The third-order valence-electron chi connectivity index (χ3n) is 5.11. The second-order valence-corrected chi connectivity index (χ2v) is 10.5. The average molecular weight is 470 g/mol. The number of anilines is 1. The molecule has 1 fully saturated rings. The molecule has 8 nitrogen and oxygen atoms in total. The number of morpholine rings is 1. The largest absolute Gasteiger partial charge is 0.379 e. The Labute approximate surface area is 183 Å². The highest BCUT2D eigenvalue weighted by molar-refractivity contribution is 7.99. The van der Waals surface area contributed by atoms with Gasteiger partial charge < -0.3 is 10.1 Å². The molecule has 0 unspecified atom stereocenters. The molecule has 1 N–H and O–H groups in total. The predicted octanol–water partition coefficient (Wildman–Crippen LogP) is 3.92. The quantitative estimate of drug-likeness (QED) is 0.523. The fourth-order valence-corrected chi connectivity index (χ4v) is 6.30. The van der Waals surface area contributed by atoms with E-state index in [9.17, 15) is 18.5 Å². The van der Waals surface area contributed by atoms with Gasteiger partial charge in [-0.1, -0.05) is 11.6 Å². The van der Waals surface area contributed by atoms with Gasteiger partial charge in [0.25, 0.3) is 5.69 Å². The Hall–Kier alpha value is -1.85. The van der Waals surface area contributed by atoms with Crippen molar-refractivity contribution in [2.24, 2.45) is 0 Å². The molecular weight excluding hydrogens is 450 g/mol. The summed E-state index contributed by atoms with van der Waals surface area (Å²) in [5.74, 6) is 0.865. The molecule has 2 aromatic rings. The number of benzene rings is 2. The van der Waals surface area contributed by atoms with Gasteiger partial charge in [-0.05, 0) is 42.3 Å². The van der Waals surface area contributed by atoms with Gasteiger partial charge in [0.2, 0.25) is 10.0 Å². The van der Waals surface area contributed by atoms with Crippen LogP contribution in [0.1, 0.15) is 18.0 Å². The smallest absolute Gasteiger partial charge is 0.293 e. The summed E-state index contributed by atoms with van der Waals surface area (Å²) in [6.45, 7) is 1.08. The number of hydrogen-bond acceptors (Lipinski definition) is 7. The summed E-state index contributed by atoms with van der Waals surface area (Å²) in [7, 11) is -3.82. The molecule has 160 valence electrons. The van der Waals surface area contributed by atoms with E-state index in [1.807, 2.05) is 18.2 Å². The van der Waals surface area contributed by atoms with Crippen molar-refractivity contribution in [2.45, 2.75) is 22.3 Å². The molecule has 1 saturated heterocycles. The molecule has 2 aromatic carbocycles. The summed E-state index contributed by atoms with van der Waals surface area (Å²) in [5.41, 5.74) is 0.993. The Morgan fingerprint density at radius 2 is 1.97 bits per heavy atom.